The van der Waals surface area contributed by atoms with Gasteiger partial charge in [0.2, 0.25) is 5.90 Å². The van der Waals surface area contributed by atoms with Gasteiger partial charge in [-0.25, -0.2) is 4.99 Å². The van der Waals surface area contributed by atoms with Gasteiger partial charge in [0.15, 0.2) is 0 Å². The Morgan fingerprint density at radius 1 is 1.48 bits per heavy atom. The molecule has 0 saturated heterocycles. The van der Waals surface area contributed by atoms with Crippen LogP contribution in [0.15, 0.2) is 17.6 Å². The van der Waals surface area contributed by atoms with Crippen LogP contribution in [0.25, 0.3) is 0 Å². The molecule has 0 fully saturated rings. The summed E-state index contributed by atoms with van der Waals surface area (Å²) in [5, 5.41) is 3.59. The minimum atomic E-state index is -0.405. The summed E-state index contributed by atoms with van der Waals surface area (Å²) < 4.78 is 11.2. The van der Waals surface area contributed by atoms with Crippen LogP contribution in [0.5, 0.6) is 0 Å². The number of nitrogens with one attached hydrogen (secondary N) is 1. The molecule has 0 aromatic rings. The molecule has 0 bridgehead atoms. The Kier molecular flexibility index (Phi) is 6.94. The van der Waals surface area contributed by atoms with Crippen molar-refractivity contribution >= 4 is 5.90 Å². The van der Waals surface area contributed by atoms with E-state index < -0.39 is 5.54 Å². The molecule has 0 aliphatic carbocycles. The highest BCUT2D eigenvalue weighted by molar-refractivity contribution is 5.87. The average molecular weight is 292 g/mol. The van der Waals surface area contributed by atoms with E-state index in [0.717, 1.165) is 18.7 Å². The fourth-order valence-electron chi connectivity index (χ4n) is 2.67. The van der Waals surface area contributed by atoms with Gasteiger partial charge in [-0.05, 0) is 25.7 Å². The van der Waals surface area contributed by atoms with Gasteiger partial charge in [-0.15, -0.1) is 18.4 Å². The first-order chi connectivity index (χ1) is 10.0. The molecule has 0 radical (unpaired) electrons. The van der Waals surface area contributed by atoms with Crippen molar-refractivity contribution in [3.8, 4) is 11.8 Å². The van der Waals surface area contributed by atoms with E-state index in [1.165, 1.54) is 0 Å². The second-order valence-corrected chi connectivity index (χ2v) is 5.69. The van der Waals surface area contributed by atoms with E-state index >= 15 is 0 Å². The summed E-state index contributed by atoms with van der Waals surface area (Å²) in [4.78, 5) is 4.82. The Labute approximate surface area is 129 Å². The lowest BCUT2D eigenvalue weighted by molar-refractivity contribution is 0.00926. The summed E-state index contributed by atoms with van der Waals surface area (Å²) in [5.74, 6) is 7.20. The topological polar surface area (TPSA) is 42.8 Å². The Bertz CT molecular complexity index is 434. The highest BCUT2D eigenvalue weighted by Crippen LogP contribution is 2.29. The van der Waals surface area contributed by atoms with Crippen molar-refractivity contribution in [3.63, 3.8) is 0 Å². The Morgan fingerprint density at radius 2 is 2.19 bits per heavy atom. The monoisotopic (exact) mass is 292 g/mol. The van der Waals surface area contributed by atoms with Gasteiger partial charge in [0.1, 0.15) is 11.8 Å². The van der Waals surface area contributed by atoms with Crippen LogP contribution < -0.4 is 5.32 Å². The second kappa shape index (κ2) is 8.21. The number of ether oxygens (including phenoxy) is 2. The van der Waals surface area contributed by atoms with Crippen molar-refractivity contribution in [1.29, 1.82) is 0 Å². The Balaban J connectivity index is 3.21. The standard InChI is InChI=1S/C17H28N2O2/c1-7-9-11-17(12-10-8-2)16(21-6)18-14(13(3)4)15(19-17)20-5/h7,13-15,19H,1,9,11-12H2,2-6H3/t14-,15?,17+/m1/s1. The number of rotatable bonds is 6. The van der Waals surface area contributed by atoms with E-state index in [9.17, 15) is 0 Å². The summed E-state index contributed by atoms with van der Waals surface area (Å²) in [6, 6.07) is 0.0383. The van der Waals surface area contributed by atoms with E-state index in [1.54, 1.807) is 14.2 Å². The second-order valence-electron chi connectivity index (χ2n) is 5.69. The summed E-state index contributed by atoms with van der Waals surface area (Å²) in [7, 11) is 3.39. The molecule has 118 valence electrons. The van der Waals surface area contributed by atoms with Crippen LogP contribution in [0.4, 0.5) is 0 Å². The maximum atomic E-state index is 5.63. The van der Waals surface area contributed by atoms with Gasteiger partial charge in [-0.2, -0.15) is 0 Å². The quantitative estimate of drug-likeness (QED) is 0.604. The Morgan fingerprint density at radius 3 is 2.67 bits per heavy atom. The van der Waals surface area contributed by atoms with Gasteiger partial charge in [0, 0.05) is 13.5 Å². The lowest BCUT2D eigenvalue weighted by Gasteiger charge is -2.43. The lowest BCUT2D eigenvalue weighted by atomic mass is 9.85. The van der Waals surface area contributed by atoms with Crippen LogP contribution in [-0.4, -0.2) is 37.9 Å². The molecular formula is C17H28N2O2. The van der Waals surface area contributed by atoms with E-state index in [-0.39, 0.29) is 12.3 Å². The molecule has 3 atom stereocenters. The highest BCUT2D eigenvalue weighted by atomic mass is 16.5. The van der Waals surface area contributed by atoms with Crippen molar-refractivity contribution < 1.29 is 9.47 Å². The van der Waals surface area contributed by atoms with Crippen LogP contribution in [0.1, 0.15) is 40.0 Å². The molecular weight excluding hydrogens is 264 g/mol. The van der Waals surface area contributed by atoms with Crippen LogP contribution in [-0.2, 0) is 9.47 Å². The highest BCUT2D eigenvalue weighted by Gasteiger charge is 2.45. The third-order valence-electron chi connectivity index (χ3n) is 3.88. The number of hydrogen-bond donors (Lipinski definition) is 1. The number of nitrogens with zero attached hydrogens (tertiary/aromatic N) is 1. The first kappa shape index (κ1) is 17.7. The first-order valence-corrected chi connectivity index (χ1v) is 7.48. The maximum Gasteiger partial charge on any atom is 0.205 e. The van der Waals surface area contributed by atoms with Crippen LogP contribution in [0.3, 0.4) is 0 Å². The number of allylic oxidation sites excluding steroid dienone is 1. The summed E-state index contributed by atoms with van der Waals surface area (Å²) >= 11 is 0. The smallest absolute Gasteiger partial charge is 0.205 e. The van der Waals surface area contributed by atoms with Crippen LogP contribution >= 0.6 is 0 Å². The SMILES string of the molecule is C=CCC[C@@]1(CC#CC)NC(OC)[C@@H](C(C)C)N=C1OC. The lowest BCUT2D eigenvalue weighted by Crippen LogP contribution is -2.64. The minimum absolute atomic E-state index is 0.0383. The molecule has 1 N–H and O–H groups in total. The average Bonchev–Trinajstić information content (AvgIpc) is 2.50. The zero-order valence-electron chi connectivity index (χ0n) is 13.9. The van der Waals surface area contributed by atoms with E-state index in [2.05, 4.69) is 37.6 Å². The molecule has 0 aromatic carbocycles. The number of aliphatic imine (C=N–C) groups is 1. The van der Waals surface area contributed by atoms with Crippen LogP contribution in [0, 0.1) is 17.8 Å². The van der Waals surface area contributed by atoms with Crippen molar-refractivity contribution in [2.75, 3.05) is 14.2 Å². The molecule has 0 aromatic heterocycles. The van der Waals surface area contributed by atoms with Gasteiger partial charge in [-0.3, -0.25) is 5.32 Å². The zero-order chi connectivity index (χ0) is 15.9. The molecule has 1 aliphatic rings. The fraction of sp³-hybridized carbons (Fsp3) is 0.706. The largest absolute Gasteiger partial charge is 0.483 e. The number of hydrogen-bond acceptors (Lipinski definition) is 4. The molecule has 0 amide bonds. The van der Waals surface area contributed by atoms with Crippen molar-refractivity contribution in [2.24, 2.45) is 10.9 Å². The van der Waals surface area contributed by atoms with E-state index in [1.807, 2.05) is 13.0 Å². The molecule has 4 nitrogen and oxygen atoms in total. The zero-order valence-corrected chi connectivity index (χ0v) is 13.9. The maximum absolute atomic E-state index is 5.63. The molecule has 1 aliphatic heterocycles. The van der Waals surface area contributed by atoms with Crippen molar-refractivity contribution in [3.05, 3.63) is 12.7 Å². The summed E-state index contributed by atoms with van der Waals surface area (Å²) in [6.45, 7) is 9.93. The molecule has 0 spiro atoms. The molecule has 1 rings (SSSR count). The molecule has 0 saturated carbocycles. The minimum Gasteiger partial charge on any atom is -0.483 e. The van der Waals surface area contributed by atoms with Crippen molar-refractivity contribution in [2.45, 2.75) is 57.8 Å². The summed E-state index contributed by atoms with van der Waals surface area (Å²) in [6.07, 6.45) is 4.13. The molecule has 1 unspecified atom stereocenters. The van der Waals surface area contributed by atoms with Gasteiger partial charge >= 0.3 is 0 Å². The van der Waals surface area contributed by atoms with Crippen LogP contribution in [0.2, 0.25) is 0 Å². The fourth-order valence-corrected chi connectivity index (χ4v) is 2.67. The third kappa shape index (κ3) is 4.09. The molecule has 21 heavy (non-hydrogen) atoms. The molecule has 4 heteroatoms. The summed E-state index contributed by atoms with van der Waals surface area (Å²) in [5.41, 5.74) is -0.405. The Hall–Kier alpha value is -1.31. The predicted molar refractivity (Wildman–Crippen MR) is 87.2 cm³/mol. The van der Waals surface area contributed by atoms with Gasteiger partial charge in [-0.1, -0.05) is 19.9 Å². The number of methoxy groups -OCH3 is 2. The van der Waals surface area contributed by atoms with E-state index in [0.29, 0.717) is 12.3 Å². The van der Waals surface area contributed by atoms with Gasteiger partial charge in [0.25, 0.3) is 0 Å². The normalized spacial score (nSPS) is 28.6. The predicted octanol–water partition coefficient (Wildman–Crippen LogP) is 2.75. The molecule has 1 heterocycles. The van der Waals surface area contributed by atoms with Gasteiger partial charge in [0.05, 0.1) is 13.2 Å². The first-order valence-electron chi connectivity index (χ1n) is 7.48. The van der Waals surface area contributed by atoms with Gasteiger partial charge < -0.3 is 9.47 Å². The third-order valence-corrected chi connectivity index (χ3v) is 3.88. The van der Waals surface area contributed by atoms with Crippen molar-refractivity contribution in [1.82, 2.24) is 5.32 Å². The van der Waals surface area contributed by atoms with E-state index in [4.69, 9.17) is 14.5 Å².